The van der Waals surface area contributed by atoms with Crippen LogP contribution in [0.15, 0.2) is 47.4 Å². The summed E-state index contributed by atoms with van der Waals surface area (Å²) in [6.07, 6.45) is 0. The third kappa shape index (κ3) is 5.83. The molecule has 2 aromatic carbocycles. The number of rotatable bonds is 7. The van der Waals surface area contributed by atoms with Crippen LogP contribution in [0.4, 0.5) is 5.69 Å². The molecule has 0 aliphatic heterocycles. The predicted octanol–water partition coefficient (Wildman–Crippen LogP) is 3.59. The van der Waals surface area contributed by atoms with Gasteiger partial charge in [-0.05, 0) is 55.3 Å². The van der Waals surface area contributed by atoms with Crippen molar-refractivity contribution >= 4 is 29.3 Å². The first-order valence-electron chi connectivity index (χ1n) is 7.78. The molecule has 0 aromatic heterocycles. The minimum Gasteiger partial charge on any atom is -0.497 e. The molecule has 2 rings (SSSR count). The van der Waals surface area contributed by atoms with Crippen LogP contribution in [0.5, 0.6) is 5.75 Å². The zero-order chi connectivity index (χ0) is 18.2. The van der Waals surface area contributed by atoms with Gasteiger partial charge in [-0.25, -0.2) is 0 Å². The Balaban J connectivity index is 1.75. The molecule has 0 bridgehead atoms. The van der Waals surface area contributed by atoms with Crippen molar-refractivity contribution in [2.24, 2.45) is 0 Å². The molecule has 132 valence electrons. The van der Waals surface area contributed by atoms with Crippen molar-refractivity contribution in [3.8, 4) is 5.75 Å². The van der Waals surface area contributed by atoms with E-state index >= 15 is 0 Å². The Labute approximate surface area is 151 Å². The molecule has 25 heavy (non-hydrogen) atoms. The number of carbonyl (C=O) groups is 2. The van der Waals surface area contributed by atoms with Crippen molar-refractivity contribution in [1.82, 2.24) is 0 Å². The Hall–Kier alpha value is -2.47. The standard InChI is InChI=1S/C19H21NO4S/c1-13-5-4-6-17(14(13)2)20-18(21)11-24-19(22)12-25-16-9-7-15(23-3)8-10-16/h4-10H,11-12H2,1-3H3,(H,20,21). The first kappa shape index (κ1) is 18.9. The van der Waals surface area contributed by atoms with E-state index in [4.69, 9.17) is 9.47 Å². The highest BCUT2D eigenvalue weighted by atomic mass is 32.2. The van der Waals surface area contributed by atoms with E-state index in [-0.39, 0.29) is 18.3 Å². The Bertz CT molecular complexity index is 744. The number of aryl methyl sites for hydroxylation is 1. The van der Waals surface area contributed by atoms with Gasteiger partial charge in [0.1, 0.15) is 5.75 Å². The molecule has 0 aliphatic carbocycles. The fraction of sp³-hybridized carbons (Fsp3) is 0.263. The van der Waals surface area contributed by atoms with Gasteiger partial charge >= 0.3 is 5.97 Å². The minimum atomic E-state index is -0.433. The second kappa shape index (κ2) is 9.13. The van der Waals surface area contributed by atoms with E-state index in [1.54, 1.807) is 7.11 Å². The van der Waals surface area contributed by atoms with Gasteiger partial charge in [-0.15, -0.1) is 11.8 Å². The second-order valence-electron chi connectivity index (χ2n) is 5.42. The van der Waals surface area contributed by atoms with Gasteiger partial charge < -0.3 is 14.8 Å². The zero-order valence-electron chi connectivity index (χ0n) is 14.5. The van der Waals surface area contributed by atoms with Crippen molar-refractivity contribution in [3.05, 3.63) is 53.6 Å². The highest BCUT2D eigenvalue weighted by molar-refractivity contribution is 8.00. The molecule has 0 radical (unpaired) electrons. The molecule has 6 heteroatoms. The highest BCUT2D eigenvalue weighted by Crippen LogP contribution is 2.21. The zero-order valence-corrected chi connectivity index (χ0v) is 15.3. The lowest BCUT2D eigenvalue weighted by molar-refractivity contribution is -0.144. The molecular weight excluding hydrogens is 338 g/mol. The Kier molecular flexibility index (Phi) is 6.89. The molecule has 0 spiro atoms. The second-order valence-corrected chi connectivity index (χ2v) is 6.47. The number of amides is 1. The van der Waals surface area contributed by atoms with E-state index in [2.05, 4.69) is 5.32 Å². The summed E-state index contributed by atoms with van der Waals surface area (Å²) in [4.78, 5) is 24.6. The van der Waals surface area contributed by atoms with Crippen LogP contribution < -0.4 is 10.1 Å². The van der Waals surface area contributed by atoms with Crippen LogP contribution in [-0.4, -0.2) is 31.3 Å². The van der Waals surface area contributed by atoms with Crippen molar-refractivity contribution in [1.29, 1.82) is 0 Å². The topological polar surface area (TPSA) is 64.6 Å². The van der Waals surface area contributed by atoms with Crippen molar-refractivity contribution in [2.75, 3.05) is 24.8 Å². The van der Waals surface area contributed by atoms with Gasteiger partial charge in [0.2, 0.25) is 0 Å². The smallest absolute Gasteiger partial charge is 0.316 e. The Morgan fingerprint density at radius 2 is 1.80 bits per heavy atom. The molecule has 0 unspecified atom stereocenters. The molecular formula is C19H21NO4S. The number of carbonyl (C=O) groups excluding carboxylic acids is 2. The number of hydrogen-bond donors (Lipinski definition) is 1. The SMILES string of the molecule is COc1ccc(SCC(=O)OCC(=O)Nc2cccc(C)c2C)cc1. The van der Waals surface area contributed by atoms with Crippen molar-refractivity contribution in [2.45, 2.75) is 18.7 Å². The number of benzene rings is 2. The van der Waals surface area contributed by atoms with E-state index in [1.165, 1.54) is 11.8 Å². The van der Waals surface area contributed by atoms with E-state index in [0.29, 0.717) is 0 Å². The van der Waals surface area contributed by atoms with Crippen molar-refractivity contribution < 1.29 is 19.1 Å². The van der Waals surface area contributed by atoms with Crippen LogP contribution in [0.2, 0.25) is 0 Å². The van der Waals surface area contributed by atoms with Gasteiger partial charge in [0.05, 0.1) is 12.9 Å². The van der Waals surface area contributed by atoms with Crippen LogP contribution in [0.1, 0.15) is 11.1 Å². The average Bonchev–Trinajstić information content (AvgIpc) is 2.62. The molecule has 1 amide bonds. The maximum absolute atomic E-state index is 11.9. The number of anilines is 1. The number of nitrogens with one attached hydrogen (secondary N) is 1. The summed E-state index contributed by atoms with van der Waals surface area (Å²) in [6, 6.07) is 13.0. The van der Waals surface area contributed by atoms with E-state index in [9.17, 15) is 9.59 Å². The number of ether oxygens (including phenoxy) is 2. The molecule has 5 nitrogen and oxygen atoms in total. The number of hydrogen-bond acceptors (Lipinski definition) is 5. The summed E-state index contributed by atoms with van der Waals surface area (Å²) in [5.41, 5.74) is 2.82. The number of thioether (sulfide) groups is 1. The van der Waals surface area contributed by atoms with E-state index in [0.717, 1.165) is 27.5 Å². The third-order valence-corrected chi connectivity index (χ3v) is 4.64. The van der Waals surface area contributed by atoms with Gasteiger partial charge in [0, 0.05) is 10.6 Å². The Morgan fingerprint density at radius 3 is 2.48 bits per heavy atom. The summed E-state index contributed by atoms with van der Waals surface area (Å²) in [6.45, 7) is 3.61. The largest absolute Gasteiger partial charge is 0.497 e. The Morgan fingerprint density at radius 1 is 1.08 bits per heavy atom. The normalized spacial score (nSPS) is 10.2. The van der Waals surface area contributed by atoms with Crippen LogP contribution >= 0.6 is 11.8 Å². The first-order chi connectivity index (χ1) is 12.0. The molecule has 0 atom stereocenters. The fourth-order valence-corrected chi connectivity index (χ4v) is 2.77. The quantitative estimate of drug-likeness (QED) is 0.605. The van der Waals surface area contributed by atoms with E-state index in [1.807, 2.05) is 56.3 Å². The van der Waals surface area contributed by atoms with Crippen LogP contribution in [-0.2, 0) is 14.3 Å². The molecule has 2 aromatic rings. The summed E-state index contributed by atoms with van der Waals surface area (Å²) in [7, 11) is 1.60. The van der Waals surface area contributed by atoms with E-state index < -0.39 is 5.97 Å². The summed E-state index contributed by atoms with van der Waals surface area (Å²) in [5.74, 6) is 0.117. The minimum absolute atomic E-state index is 0.142. The monoisotopic (exact) mass is 359 g/mol. The molecule has 0 fully saturated rings. The lowest BCUT2D eigenvalue weighted by Gasteiger charge is -2.10. The number of esters is 1. The van der Waals surface area contributed by atoms with Crippen LogP contribution in [0.3, 0.4) is 0 Å². The first-order valence-corrected chi connectivity index (χ1v) is 8.76. The fourth-order valence-electron chi connectivity index (χ4n) is 2.07. The van der Waals surface area contributed by atoms with Gasteiger partial charge in [0.25, 0.3) is 5.91 Å². The average molecular weight is 359 g/mol. The maximum Gasteiger partial charge on any atom is 0.316 e. The van der Waals surface area contributed by atoms with Gasteiger partial charge in [-0.1, -0.05) is 12.1 Å². The third-order valence-electron chi connectivity index (χ3n) is 3.66. The molecule has 0 saturated carbocycles. The lowest BCUT2D eigenvalue weighted by Crippen LogP contribution is -2.22. The van der Waals surface area contributed by atoms with Gasteiger partial charge in [-0.3, -0.25) is 9.59 Å². The van der Waals surface area contributed by atoms with Gasteiger partial charge in [-0.2, -0.15) is 0 Å². The number of methoxy groups -OCH3 is 1. The molecule has 0 heterocycles. The maximum atomic E-state index is 11.9. The van der Waals surface area contributed by atoms with Gasteiger partial charge in [0.15, 0.2) is 6.61 Å². The summed E-state index contributed by atoms with van der Waals surface area (Å²) in [5, 5.41) is 2.76. The predicted molar refractivity (Wildman–Crippen MR) is 99.2 cm³/mol. The van der Waals surface area contributed by atoms with Crippen LogP contribution in [0.25, 0.3) is 0 Å². The lowest BCUT2D eigenvalue weighted by atomic mass is 10.1. The summed E-state index contributed by atoms with van der Waals surface area (Å²) >= 11 is 1.35. The molecule has 0 aliphatic rings. The molecule has 0 saturated heterocycles. The van der Waals surface area contributed by atoms with Crippen molar-refractivity contribution in [3.63, 3.8) is 0 Å². The van der Waals surface area contributed by atoms with Crippen LogP contribution in [0, 0.1) is 13.8 Å². The highest BCUT2D eigenvalue weighted by Gasteiger charge is 2.10. The summed E-state index contributed by atoms with van der Waals surface area (Å²) < 4.78 is 10.1. The molecule has 1 N–H and O–H groups in total.